The molecule has 2 rings (SSSR count). The number of nitrogens with zero attached hydrogens (tertiary/aromatic N) is 4. The average Bonchev–Trinajstić information content (AvgIpc) is 2.57. The lowest BCUT2D eigenvalue weighted by molar-refractivity contribution is 0.0766. The number of hydrogen-bond donors (Lipinski definition) is 1. The summed E-state index contributed by atoms with van der Waals surface area (Å²) in [6, 6.07) is 9.23. The summed E-state index contributed by atoms with van der Waals surface area (Å²) >= 11 is 0. The van der Waals surface area contributed by atoms with Crippen molar-refractivity contribution >= 4 is 17.4 Å². The van der Waals surface area contributed by atoms with Gasteiger partial charge in [0.15, 0.2) is 0 Å². The Kier molecular flexibility index (Phi) is 5.04. The third kappa shape index (κ3) is 3.38. The zero-order chi connectivity index (χ0) is 15.9. The Morgan fingerprint density at radius 3 is 2.55 bits per heavy atom. The number of carbonyl (C=O) groups is 1. The van der Waals surface area contributed by atoms with Gasteiger partial charge in [0.2, 0.25) is 0 Å². The number of amides is 1. The van der Waals surface area contributed by atoms with Crippen molar-refractivity contribution in [1.82, 2.24) is 14.9 Å². The SMILES string of the molecule is CCN(CC)C(=O)c1cnc(Nc2ccccc2C#N)cn1. The lowest BCUT2D eigenvalue weighted by Crippen LogP contribution is -2.31. The number of rotatable bonds is 5. The first-order valence-electron chi connectivity index (χ1n) is 7.07. The first kappa shape index (κ1) is 15.4. The predicted molar refractivity (Wildman–Crippen MR) is 83.7 cm³/mol. The minimum Gasteiger partial charge on any atom is -0.338 e. The highest BCUT2D eigenvalue weighted by Crippen LogP contribution is 2.18. The summed E-state index contributed by atoms with van der Waals surface area (Å²) in [6.45, 7) is 5.10. The largest absolute Gasteiger partial charge is 0.338 e. The Bertz CT molecular complexity index is 686. The molecule has 2 aromatic rings. The maximum Gasteiger partial charge on any atom is 0.274 e. The Balaban J connectivity index is 2.16. The molecule has 0 aliphatic rings. The number of nitriles is 1. The number of aromatic nitrogens is 2. The van der Waals surface area contributed by atoms with Gasteiger partial charge in [-0.25, -0.2) is 9.97 Å². The van der Waals surface area contributed by atoms with E-state index in [1.807, 2.05) is 19.9 Å². The molecular formula is C16H17N5O. The summed E-state index contributed by atoms with van der Waals surface area (Å²) in [7, 11) is 0. The molecule has 0 aliphatic heterocycles. The van der Waals surface area contributed by atoms with E-state index in [1.165, 1.54) is 12.4 Å². The van der Waals surface area contributed by atoms with Crippen molar-refractivity contribution in [2.24, 2.45) is 0 Å². The van der Waals surface area contributed by atoms with Gasteiger partial charge in [-0.2, -0.15) is 5.26 Å². The molecule has 1 amide bonds. The van der Waals surface area contributed by atoms with Crippen molar-refractivity contribution in [2.75, 3.05) is 18.4 Å². The van der Waals surface area contributed by atoms with Crippen LogP contribution in [0, 0.1) is 11.3 Å². The van der Waals surface area contributed by atoms with Crippen LogP contribution in [0.25, 0.3) is 0 Å². The molecule has 0 atom stereocenters. The van der Waals surface area contributed by atoms with Crippen molar-refractivity contribution in [3.8, 4) is 6.07 Å². The van der Waals surface area contributed by atoms with Gasteiger partial charge >= 0.3 is 0 Å². The van der Waals surface area contributed by atoms with Crippen LogP contribution in [0.3, 0.4) is 0 Å². The number of benzene rings is 1. The number of para-hydroxylation sites is 1. The Hall–Kier alpha value is -2.94. The predicted octanol–water partition coefficient (Wildman–Crippen LogP) is 2.57. The van der Waals surface area contributed by atoms with Crippen molar-refractivity contribution in [3.63, 3.8) is 0 Å². The molecule has 0 fully saturated rings. The molecule has 1 N–H and O–H groups in total. The Labute approximate surface area is 129 Å². The van der Waals surface area contributed by atoms with Gasteiger partial charge in [0.25, 0.3) is 5.91 Å². The summed E-state index contributed by atoms with van der Waals surface area (Å²) < 4.78 is 0. The highest BCUT2D eigenvalue weighted by Gasteiger charge is 2.14. The Morgan fingerprint density at radius 2 is 1.95 bits per heavy atom. The molecule has 0 bridgehead atoms. The highest BCUT2D eigenvalue weighted by atomic mass is 16.2. The lowest BCUT2D eigenvalue weighted by atomic mass is 10.2. The van der Waals surface area contributed by atoms with Crippen LogP contribution in [-0.4, -0.2) is 33.9 Å². The Morgan fingerprint density at radius 1 is 1.23 bits per heavy atom. The highest BCUT2D eigenvalue weighted by molar-refractivity contribution is 5.92. The fourth-order valence-corrected chi connectivity index (χ4v) is 2.00. The zero-order valence-corrected chi connectivity index (χ0v) is 12.6. The second-order valence-corrected chi connectivity index (χ2v) is 4.55. The molecule has 6 heteroatoms. The molecule has 0 unspecified atom stereocenters. The zero-order valence-electron chi connectivity index (χ0n) is 12.6. The average molecular weight is 295 g/mol. The smallest absolute Gasteiger partial charge is 0.274 e. The lowest BCUT2D eigenvalue weighted by Gasteiger charge is -2.17. The molecule has 0 radical (unpaired) electrons. The first-order valence-corrected chi connectivity index (χ1v) is 7.07. The second kappa shape index (κ2) is 7.18. The number of nitrogens with one attached hydrogen (secondary N) is 1. The summed E-state index contributed by atoms with van der Waals surface area (Å²) in [5, 5.41) is 12.1. The van der Waals surface area contributed by atoms with Gasteiger partial charge in [0, 0.05) is 13.1 Å². The topological polar surface area (TPSA) is 81.9 Å². The fourth-order valence-electron chi connectivity index (χ4n) is 2.00. The third-order valence-electron chi connectivity index (χ3n) is 3.23. The molecule has 0 saturated heterocycles. The standard InChI is InChI=1S/C16H17N5O/c1-3-21(4-2)16(22)14-10-19-15(11-18-14)20-13-8-6-5-7-12(13)9-17/h5-8,10-11H,3-4H2,1-2H3,(H,19,20). The summed E-state index contributed by atoms with van der Waals surface area (Å²) in [4.78, 5) is 22.2. The monoisotopic (exact) mass is 295 g/mol. The molecule has 112 valence electrons. The quantitative estimate of drug-likeness (QED) is 0.916. The number of hydrogen-bond acceptors (Lipinski definition) is 5. The first-order chi connectivity index (χ1) is 10.7. The van der Waals surface area contributed by atoms with Gasteiger partial charge in [-0.05, 0) is 26.0 Å². The van der Waals surface area contributed by atoms with Crippen LogP contribution in [0.15, 0.2) is 36.7 Å². The van der Waals surface area contributed by atoms with Crippen LogP contribution < -0.4 is 5.32 Å². The molecule has 1 heterocycles. The van der Waals surface area contributed by atoms with Crippen LogP contribution in [0.4, 0.5) is 11.5 Å². The van der Waals surface area contributed by atoms with E-state index in [4.69, 9.17) is 5.26 Å². The van der Waals surface area contributed by atoms with Gasteiger partial charge in [-0.1, -0.05) is 12.1 Å². The number of carbonyl (C=O) groups excluding carboxylic acids is 1. The molecule has 22 heavy (non-hydrogen) atoms. The van der Waals surface area contributed by atoms with E-state index in [0.717, 1.165) is 0 Å². The van der Waals surface area contributed by atoms with Crippen molar-refractivity contribution < 1.29 is 4.79 Å². The summed E-state index contributed by atoms with van der Waals surface area (Å²) in [5.41, 5.74) is 1.48. The van der Waals surface area contributed by atoms with Crippen LogP contribution in [0.2, 0.25) is 0 Å². The van der Waals surface area contributed by atoms with Gasteiger partial charge < -0.3 is 10.2 Å². The van der Waals surface area contributed by atoms with Crippen LogP contribution in [0.5, 0.6) is 0 Å². The molecule has 0 aliphatic carbocycles. The van der Waals surface area contributed by atoms with Gasteiger partial charge in [-0.3, -0.25) is 4.79 Å². The van der Waals surface area contributed by atoms with E-state index in [9.17, 15) is 4.79 Å². The minimum atomic E-state index is -0.138. The number of anilines is 2. The van der Waals surface area contributed by atoms with Gasteiger partial charge in [-0.15, -0.1) is 0 Å². The van der Waals surface area contributed by atoms with Crippen molar-refractivity contribution in [1.29, 1.82) is 5.26 Å². The van der Waals surface area contributed by atoms with E-state index in [2.05, 4.69) is 21.4 Å². The van der Waals surface area contributed by atoms with E-state index in [1.54, 1.807) is 23.1 Å². The molecule has 1 aromatic carbocycles. The van der Waals surface area contributed by atoms with Crippen molar-refractivity contribution in [3.05, 3.63) is 47.9 Å². The van der Waals surface area contributed by atoms with Gasteiger partial charge in [0.1, 0.15) is 17.6 Å². The molecule has 1 aromatic heterocycles. The normalized spacial score (nSPS) is 9.86. The van der Waals surface area contributed by atoms with Crippen LogP contribution in [-0.2, 0) is 0 Å². The van der Waals surface area contributed by atoms with E-state index < -0.39 is 0 Å². The fraction of sp³-hybridized carbons (Fsp3) is 0.250. The summed E-state index contributed by atoms with van der Waals surface area (Å²) in [5.74, 6) is 0.347. The molecular weight excluding hydrogens is 278 g/mol. The molecule has 0 spiro atoms. The van der Waals surface area contributed by atoms with Crippen molar-refractivity contribution in [2.45, 2.75) is 13.8 Å². The van der Waals surface area contributed by atoms with Gasteiger partial charge in [0.05, 0.1) is 23.6 Å². The maximum absolute atomic E-state index is 12.1. The maximum atomic E-state index is 12.1. The van der Waals surface area contributed by atoms with E-state index in [-0.39, 0.29) is 5.91 Å². The van der Waals surface area contributed by atoms with E-state index in [0.29, 0.717) is 35.9 Å². The molecule has 0 saturated carbocycles. The third-order valence-corrected chi connectivity index (χ3v) is 3.23. The second-order valence-electron chi connectivity index (χ2n) is 4.55. The summed E-state index contributed by atoms with van der Waals surface area (Å²) in [6.07, 6.45) is 2.93. The van der Waals surface area contributed by atoms with E-state index >= 15 is 0 Å². The van der Waals surface area contributed by atoms with Crippen LogP contribution >= 0.6 is 0 Å². The van der Waals surface area contributed by atoms with Crippen LogP contribution in [0.1, 0.15) is 29.9 Å². The minimum absolute atomic E-state index is 0.138. The molecule has 6 nitrogen and oxygen atoms in total.